The standard InChI is InChI=1S/C13H16ClNOS/c1-3-6-15-13(10-7-9(2)17-8-10)11-4-5-12(14)16-11/h4-5,7-8,13,15H,3,6H2,1-2H3. The first-order chi connectivity index (χ1) is 8.20. The molecule has 0 saturated heterocycles. The van der Waals surface area contributed by atoms with Crippen LogP contribution in [0, 0.1) is 6.92 Å². The average molecular weight is 270 g/mol. The molecule has 0 fully saturated rings. The van der Waals surface area contributed by atoms with Crippen molar-refractivity contribution >= 4 is 22.9 Å². The molecule has 1 unspecified atom stereocenters. The van der Waals surface area contributed by atoms with Crippen molar-refractivity contribution in [3.8, 4) is 0 Å². The molecule has 4 heteroatoms. The minimum atomic E-state index is 0.104. The van der Waals surface area contributed by atoms with Gasteiger partial charge >= 0.3 is 0 Å². The Labute approximate surface area is 111 Å². The molecule has 2 aromatic heterocycles. The van der Waals surface area contributed by atoms with E-state index >= 15 is 0 Å². The summed E-state index contributed by atoms with van der Waals surface area (Å²) in [6.45, 7) is 5.22. The summed E-state index contributed by atoms with van der Waals surface area (Å²) in [5, 5.41) is 6.09. The highest BCUT2D eigenvalue weighted by atomic mass is 35.5. The van der Waals surface area contributed by atoms with Gasteiger partial charge in [-0.3, -0.25) is 0 Å². The number of rotatable bonds is 5. The van der Waals surface area contributed by atoms with Crippen molar-refractivity contribution in [2.24, 2.45) is 0 Å². The number of thiophene rings is 1. The van der Waals surface area contributed by atoms with E-state index in [0.717, 1.165) is 18.7 Å². The van der Waals surface area contributed by atoms with E-state index < -0.39 is 0 Å². The lowest BCUT2D eigenvalue weighted by molar-refractivity contribution is 0.448. The first kappa shape index (κ1) is 12.7. The monoisotopic (exact) mass is 269 g/mol. The molecule has 0 aliphatic heterocycles. The number of aryl methyl sites for hydroxylation is 1. The van der Waals surface area contributed by atoms with Gasteiger partial charge in [0.2, 0.25) is 0 Å². The predicted octanol–water partition coefficient (Wildman–Crippen LogP) is 4.39. The lowest BCUT2D eigenvalue weighted by Gasteiger charge is -2.14. The summed E-state index contributed by atoms with van der Waals surface area (Å²) in [6.07, 6.45) is 1.09. The van der Waals surface area contributed by atoms with Crippen LogP contribution in [0.5, 0.6) is 0 Å². The Hall–Kier alpha value is -0.770. The summed E-state index contributed by atoms with van der Waals surface area (Å²) >= 11 is 7.59. The fraction of sp³-hybridized carbons (Fsp3) is 0.385. The molecule has 2 nitrogen and oxygen atoms in total. The molecule has 17 heavy (non-hydrogen) atoms. The Balaban J connectivity index is 2.24. The Morgan fingerprint density at radius 2 is 2.29 bits per heavy atom. The quantitative estimate of drug-likeness (QED) is 0.871. The second-order valence-electron chi connectivity index (χ2n) is 4.02. The summed E-state index contributed by atoms with van der Waals surface area (Å²) in [6, 6.07) is 6.01. The van der Waals surface area contributed by atoms with E-state index in [9.17, 15) is 0 Å². The number of hydrogen-bond acceptors (Lipinski definition) is 3. The molecule has 0 radical (unpaired) electrons. The van der Waals surface area contributed by atoms with Crippen molar-refractivity contribution < 1.29 is 4.42 Å². The van der Waals surface area contributed by atoms with E-state index in [1.807, 2.05) is 6.07 Å². The first-order valence-electron chi connectivity index (χ1n) is 5.74. The second-order valence-corrected chi connectivity index (χ2v) is 5.51. The molecule has 2 heterocycles. The Bertz CT molecular complexity index is 437. The number of nitrogens with one attached hydrogen (secondary N) is 1. The molecule has 0 amide bonds. The van der Waals surface area contributed by atoms with Gasteiger partial charge in [0.05, 0.1) is 6.04 Å². The zero-order valence-corrected chi connectivity index (χ0v) is 11.6. The molecule has 1 N–H and O–H groups in total. The number of halogens is 1. The van der Waals surface area contributed by atoms with Crippen LogP contribution in [-0.2, 0) is 0 Å². The van der Waals surface area contributed by atoms with Crippen LogP contribution in [0.1, 0.15) is 35.6 Å². The molecule has 2 rings (SSSR count). The van der Waals surface area contributed by atoms with Gasteiger partial charge in [-0.1, -0.05) is 6.92 Å². The number of hydrogen-bond donors (Lipinski definition) is 1. The van der Waals surface area contributed by atoms with Gasteiger partial charge in [-0.25, -0.2) is 0 Å². The molecule has 0 spiro atoms. The van der Waals surface area contributed by atoms with Gasteiger partial charge < -0.3 is 9.73 Å². The minimum absolute atomic E-state index is 0.104. The summed E-state index contributed by atoms with van der Waals surface area (Å²) in [5.41, 5.74) is 1.24. The largest absolute Gasteiger partial charge is 0.448 e. The van der Waals surface area contributed by atoms with Crippen molar-refractivity contribution in [1.29, 1.82) is 0 Å². The highest BCUT2D eigenvalue weighted by molar-refractivity contribution is 7.10. The Morgan fingerprint density at radius 3 is 2.82 bits per heavy atom. The van der Waals surface area contributed by atoms with E-state index in [1.165, 1.54) is 10.4 Å². The van der Waals surface area contributed by atoms with Crippen LogP contribution in [0.4, 0.5) is 0 Å². The van der Waals surface area contributed by atoms with E-state index in [2.05, 4.69) is 30.6 Å². The van der Waals surface area contributed by atoms with Crippen molar-refractivity contribution in [3.05, 3.63) is 45.0 Å². The Morgan fingerprint density at radius 1 is 1.47 bits per heavy atom. The van der Waals surface area contributed by atoms with Gasteiger partial charge in [0.15, 0.2) is 5.22 Å². The number of furan rings is 1. The molecule has 0 aliphatic rings. The van der Waals surface area contributed by atoms with E-state index in [0.29, 0.717) is 5.22 Å². The van der Waals surface area contributed by atoms with Gasteiger partial charge in [0.25, 0.3) is 0 Å². The van der Waals surface area contributed by atoms with Gasteiger partial charge in [-0.15, -0.1) is 11.3 Å². The normalized spacial score (nSPS) is 12.9. The molecular weight excluding hydrogens is 254 g/mol. The van der Waals surface area contributed by atoms with E-state index in [1.54, 1.807) is 17.4 Å². The third-order valence-corrected chi connectivity index (χ3v) is 3.64. The van der Waals surface area contributed by atoms with Gasteiger partial charge in [0.1, 0.15) is 5.76 Å². The summed E-state index contributed by atoms with van der Waals surface area (Å²) in [7, 11) is 0. The summed E-state index contributed by atoms with van der Waals surface area (Å²) in [5.74, 6) is 0.876. The lowest BCUT2D eigenvalue weighted by atomic mass is 10.1. The third kappa shape index (κ3) is 3.12. The fourth-order valence-corrected chi connectivity index (χ4v) is 2.65. The van der Waals surface area contributed by atoms with Crippen molar-refractivity contribution in [3.63, 3.8) is 0 Å². The third-order valence-electron chi connectivity index (χ3n) is 2.56. The van der Waals surface area contributed by atoms with Crippen LogP contribution in [0.25, 0.3) is 0 Å². The predicted molar refractivity (Wildman–Crippen MR) is 72.9 cm³/mol. The van der Waals surface area contributed by atoms with Crippen molar-refractivity contribution in [2.45, 2.75) is 26.3 Å². The average Bonchev–Trinajstić information content (AvgIpc) is 2.89. The fourth-order valence-electron chi connectivity index (χ4n) is 1.77. The zero-order chi connectivity index (χ0) is 12.3. The lowest BCUT2D eigenvalue weighted by Crippen LogP contribution is -2.22. The smallest absolute Gasteiger partial charge is 0.193 e. The van der Waals surface area contributed by atoms with Crippen LogP contribution in [0.15, 0.2) is 28.0 Å². The van der Waals surface area contributed by atoms with Crippen LogP contribution in [-0.4, -0.2) is 6.54 Å². The van der Waals surface area contributed by atoms with Crippen molar-refractivity contribution in [1.82, 2.24) is 5.32 Å². The molecule has 0 saturated carbocycles. The minimum Gasteiger partial charge on any atom is -0.448 e. The maximum atomic E-state index is 5.84. The molecule has 2 aromatic rings. The maximum Gasteiger partial charge on any atom is 0.193 e. The second kappa shape index (κ2) is 5.71. The van der Waals surface area contributed by atoms with Crippen LogP contribution < -0.4 is 5.32 Å². The summed E-state index contributed by atoms with van der Waals surface area (Å²) in [4.78, 5) is 1.31. The van der Waals surface area contributed by atoms with Gasteiger partial charge in [-0.05, 0) is 60.6 Å². The first-order valence-corrected chi connectivity index (χ1v) is 7.00. The zero-order valence-electron chi connectivity index (χ0n) is 10.00. The molecular formula is C13H16ClNOS. The van der Waals surface area contributed by atoms with E-state index in [-0.39, 0.29) is 6.04 Å². The molecule has 0 aliphatic carbocycles. The van der Waals surface area contributed by atoms with E-state index in [4.69, 9.17) is 16.0 Å². The molecule has 0 bridgehead atoms. The van der Waals surface area contributed by atoms with Gasteiger partial charge in [-0.2, -0.15) is 0 Å². The van der Waals surface area contributed by atoms with Crippen molar-refractivity contribution in [2.75, 3.05) is 6.54 Å². The van der Waals surface area contributed by atoms with Gasteiger partial charge in [0, 0.05) is 4.88 Å². The SMILES string of the molecule is CCCNC(c1csc(C)c1)c1ccc(Cl)o1. The van der Waals surface area contributed by atoms with Crippen LogP contribution in [0.2, 0.25) is 5.22 Å². The molecule has 1 atom stereocenters. The molecule has 0 aromatic carbocycles. The van der Waals surface area contributed by atoms with Crippen LogP contribution in [0.3, 0.4) is 0 Å². The highest BCUT2D eigenvalue weighted by Crippen LogP contribution is 2.28. The summed E-state index contributed by atoms with van der Waals surface area (Å²) < 4.78 is 5.51. The van der Waals surface area contributed by atoms with Crippen LogP contribution >= 0.6 is 22.9 Å². The maximum absolute atomic E-state index is 5.84. The molecule has 92 valence electrons. The Kier molecular flexibility index (Phi) is 4.26. The topological polar surface area (TPSA) is 25.2 Å². The highest BCUT2D eigenvalue weighted by Gasteiger charge is 2.17.